The number of benzene rings is 2. The normalized spacial score (nSPS) is 14.8. The number of hydrogen-bond acceptors (Lipinski definition) is 5. The molecule has 1 aromatic heterocycles. The van der Waals surface area contributed by atoms with Crippen LogP contribution in [0.1, 0.15) is 29.7 Å². The predicted molar refractivity (Wildman–Crippen MR) is 124 cm³/mol. The van der Waals surface area contributed by atoms with E-state index >= 15 is 0 Å². The second-order valence-electron chi connectivity index (χ2n) is 8.34. The topological polar surface area (TPSA) is 58.8 Å². The average molecular weight is 450 g/mol. The second-order valence-corrected chi connectivity index (χ2v) is 8.34. The number of carbonyl (C=O) groups is 1. The summed E-state index contributed by atoms with van der Waals surface area (Å²) >= 11 is 0. The maximum atomic E-state index is 13.3. The average Bonchev–Trinajstić information content (AvgIpc) is 3.31. The van der Waals surface area contributed by atoms with E-state index < -0.39 is 0 Å². The van der Waals surface area contributed by atoms with Crippen LogP contribution in [0.4, 0.5) is 4.39 Å². The molecule has 1 saturated heterocycles. The molecule has 33 heavy (non-hydrogen) atoms. The van der Waals surface area contributed by atoms with Crippen LogP contribution in [-0.4, -0.2) is 47.1 Å². The summed E-state index contributed by atoms with van der Waals surface area (Å²) in [5.41, 5.74) is 2.73. The summed E-state index contributed by atoms with van der Waals surface area (Å²) in [6, 6.07) is 16.2. The quantitative estimate of drug-likeness (QED) is 0.473. The van der Waals surface area contributed by atoms with Crippen molar-refractivity contribution in [2.45, 2.75) is 32.0 Å². The van der Waals surface area contributed by atoms with Gasteiger partial charge in [0.1, 0.15) is 23.9 Å². The molecule has 1 amide bonds. The number of halogens is 1. The molecule has 1 aliphatic rings. The molecule has 0 N–H and O–H groups in total. The number of amides is 1. The van der Waals surface area contributed by atoms with Crippen LogP contribution >= 0.6 is 0 Å². The lowest BCUT2D eigenvalue weighted by molar-refractivity contribution is -0.127. The number of rotatable bonds is 8. The van der Waals surface area contributed by atoms with Gasteiger partial charge in [-0.3, -0.25) is 9.69 Å². The maximum absolute atomic E-state index is 13.3. The zero-order chi connectivity index (χ0) is 23.0. The lowest BCUT2D eigenvalue weighted by Gasteiger charge is -2.31. The highest BCUT2D eigenvalue weighted by Gasteiger charge is 2.23. The van der Waals surface area contributed by atoms with Crippen molar-refractivity contribution in [1.82, 2.24) is 15.0 Å². The van der Waals surface area contributed by atoms with Crippen molar-refractivity contribution in [2.24, 2.45) is 0 Å². The van der Waals surface area contributed by atoms with E-state index in [0.717, 1.165) is 36.4 Å². The van der Waals surface area contributed by atoms with Gasteiger partial charge in [-0.05, 0) is 48.5 Å². The van der Waals surface area contributed by atoms with Crippen molar-refractivity contribution in [3.63, 3.8) is 0 Å². The third kappa shape index (κ3) is 6.76. The number of aromatic nitrogens is 1. The van der Waals surface area contributed by atoms with Crippen LogP contribution in [-0.2, 0) is 17.9 Å². The SMILES string of the molecule is CN(Cc1cccc(OC2CCN(C(=O)/C=C/c3cccc(F)c3)CC2)c1)Cc1ccon1. The molecule has 0 aliphatic carbocycles. The van der Waals surface area contributed by atoms with Crippen LogP contribution in [0.3, 0.4) is 0 Å². The van der Waals surface area contributed by atoms with Gasteiger partial charge < -0.3 is 14.2 Å². The number of piperidine rings is 1. The van der Waals surface area contributed by atoms with E-state index in [0.29, 0.717) is 25.2 Å². The Bertz CT molecular complexity index is 1080. The molecule has 0 atom stereocenters. The molecule has 1 fully saturated rings. The molecular formula is C26H28FN3O3. The number of hydrogen-bond donors (Lipinski definition) is 0. The molecule has 0 spiro atoms. The Morgan fingerprint density at radius 2 is 2.00 bits per heavy atom. The Balaban J connectivity index is 1.25. The zero-order valence-corrected chi connectivity index (χ0v) is 18.7. The summed E-state index contributed by atoms with van der Waals surface area (Å²) in [4.78, 5) is 16.4. The van der Waals surface area contributed by atoms with Crippen LogP contribution in [0, 0.1) is 5.82 Å². The standard InChI is InChI=1S/C26H28FN3O3/c1-29(19-23-12-15-32-28-23)18-21-5-3-7-25(17-21)33-24-10-13-30(14-11-24)26(31)9-8-20-4-2-6-22(27)16-20/h2-9,12,15-17,24H,10-11,13-14,18-19H2,1H3/b9-8+. The molecule has 0 saturated carbocycles. The Kier molecular flexibility index (Phi) is 7.52. The highest BCUT2D eigenvalue weighted by Crippen LogP contribution is 2.21. The van der Waals surface area contributed by atoms with Crippen molar-refractivity contribution in [3.05, 3.63) is 89.6 Å². The molecule has 3 aromatic rings. The van der Waals surface area contributed by atoms with Crippen LogP contribution in [0.5, 0.6) is 5.75 Å². The highest BCUT2D eigenvalue weighted by molar-refractivity contribution is 5.91. The van der Waals surface area contributed by atoms with E-state index in [1.54, 1.807) is 24.5 Å². The summed E-state index contributed by atoms with van der Waals surface area (Å²) in [6.45, 7) is 2.75. The number of nitrogens with zero attached hydrogens (tertiary/aromatic N) is 3. The fraction of sp³-hybridized carbons (Fsp3) is 0.308. The van der Waals surface area contributed by atoms with Crippen molar-refractivity contribution >= 4 is 12.0 Å². The summed E-state index contributed by atoms with van der Waals surface area (Å²) in [6.07, 6.45) is 6.36. The molecule has 1 aliphatic heterocycles. The minimum atomic E-state index is -0.312. The Morgan fingerprint density at radius 1 is 1.18 bits per heavy atom. The molecule has 4 rings (SSSR count). The molecule has 0 unspecified atom stereocenters. The summed E-state index contributed by atoms with van der Waals surface area (Å²) in [5.74, 6) is 0.473. The predicted octanol–water partition coefficient (Wildman–Crippen LogP) is 4.53. The first kappa shape index (κ1) is 22.7. The largest absolute Gasteiger partial charge is 0.490 e. The second kappa shape index (κ2) is 10.9. The minimum absolute atomic E-state index is 0.0603. The summed E-state index contributed by atoms with van der Waals surface area (Å²) < 4.78 is 24.4. The molecule has 2 heterocycles. The highest BCUT2D eigenvalue weighted by atomic mass is 19.1. The fourth-order valence-corrected chi connectivity index (χ4v) is 3.95. The van der Waals surface area contributed by atoms with E-state index in [1.807, 2.05) is 30.1 Å². The zero-order valence-electron chi connectivity index (χ0n) is 18.7. The van der Waals surface area contributed by atoms with Gasteiger partial charge in [-0.25, -0.2) is 4.39 Å². The Labute approximate surface area is 193 Å². The van der Waals surface area contributed by atoms with Gasteiger partial charge in [0.2, 0.25) is 5.91 Å². The summed E-state index contributed by atoms with van der Waals surface area (Å²) in [7, 11) is 2.04. The van der Waals surface area contributed by atoms with E-state index in [1.165, 1.54) is 18.2 Å². The Hall–Kier alpha value is -3.45. The third-order valence-electron chi connectivity index (χ3n) is 5.60. The lowest BCUT2D eigenvalue weighted by Crippen LogP contribution is -2.41. The van der Waals surface area contributed by atoms with Crippen molar-refractivity contribution in [1.29, 1.82) is 0 Å². The van der Waals surface area contributed by atoms with Gasteiger partial charge in [0, 0.05) is 51.2 Å². The molecular weight excluding hydrogens is 421 g/mol. The van der Waals surface area contributed by atoms with Gasteiger partial charge in [-0.1, -0.05) is 29.4 Å². The van der Waals surface area contributed by atoms with Gasteiger partial charge >= 0.3 is 0 Å². The van der Waals surface area contributed by atoms with Crippen LogP contribution in [0.15, 0.2) is 71.5 Å². The first-order chi connectivity index (χ1) is 16.0. The van der Waals surface area contributed by atoms with Crippen LogP contribution in [0.2, 0.25) is 0 Å². The smallest absolute Gasteiger partial charge is 0.246 e. The van der Waals surface area contributed by atoms with E-state index in [2.05, 4.69) is 22.2 Å². The molecule has 0 radical (unpaired) electrons. The van der Waals surface area contributed by atoms with Crippen LogP contribution in [0.25, 0.3) is 6.08 Å². The summed E-state index contributed by atoms with van der Waals surface area (Å²) in [5, 5.41) is 3.95. The van der Waals surface area contributed by atoms with Crippen LogP contribution < -0.4 is 4.74 Å². The van der Waals surface area contributed by atoms with Gasteiger partial charge in [0.15, 0.2) is 0 Å². The molecule has 7 heteroatoms. The first-order valence-electron chi connectivity index (χ1n) is 11.1. The molecule has 6 nitrogen and oxygen atoms in total. The van der Waals surface area contributed by atoms with E-state index in [-0.39, 0.29) is 17.8 Å². The van der Waals surface area contributed by atoms with Crippen molar-refractivity contribution in [2.75, 3.05) is 20.1 Å². The Morgan fingerprint density at radius 3 is 2.76 bits per heavy atom. The molecule has 172 valence electrons. The number of ether oxygens (including phenoxy) is 1. The minimum Gasteiger partial charge on any atom is -0.490 e. The third-order valence-corrected chi connectivity index (χ3v) is 5.60. The van der Waals surface area contributed by atoms with Gasteiger partial charge in [0.25, 0.3) is 0 Å². The van der Waals surface area contributed by atoms with Gasteiger partial charge in [-0.2, -0.15) is 0 Å². The van der Waals surface area contributed by atoms with Gasteiger partial charge in [-0.15, -0.1) is 0 Å². The van der Waals surface area contributed by atoms with Crippen molar-refractivity contribution in [3.8, 4) is 5.75 Å². The molecule has 0 bridgehead atoms. The first-order valence-corrected chi connectivity index (χ1v) is 11.1. The maximum Gasteiger partial charge on any atom is 0.246 e. The van der Waals surface area contributed by atoms with Gasteiger partial charge in [0.05, 0.1) is 5.69 Å². The van der Waals surface area contributed by atoms with Crippen molar-refractivity contribution < 1.29 is 18.4 Å². The van der Waals surface area contributed by atoms with E-state index in [9.17, 15) is 9.18 Å². The molecule has 2 aromatic carbocycles. The van der Waals surface area contributed by atoms with E-state index in [4.69, 9.17) is 9.26 Å². The number of carbonyl (C=O) groups excluding carboxylic acids is 1. The fourth-order valence-electron chi connectivity index (χ4n) is 3.95. The lowest BCUT2D eigenvalue weighted by atomic mass is 10.1. The monoisotopic (exact) mass is 449 g/mol. The number of likely N-dealkylation sites (tertiary alicyclic amines) is 1.